The molecule has 0 radical (unpaired) electrons. The number of carbonyl (C=O) groups excluding carboxylic acids is 4. The summed E-state index contributed by atoms with van der Waals surface area (Å²) in [6, 6.07) is 5.44. The molecule has 0 spiro atoms. The van der Waals surface area contributed by atoms with Gasteiger partial charge >= 0.3 is 0 Å². The van der Waals surface area contributed by atoms with Gasteiger partial charge in [-0.15, -0.1) is 22.7 Å². The first-order valence-electron chi connectivity index (χ1n) is 10.8. The molecule has 0 bridgehead atoms. The molecule has 0 unspecified atom stereocenters. The molecule has 4 saturated heterocycles. The summed E-state index contributed by atoms with van der Waals surface area (Å²) in [5.74, 6) is -2.05. The van der Waals surface area contributed by atoms with E-state index in [0.717, 1.165) is 9.75 Å². The van der Waals surface area contributed by atoms with Crippen molar-refractivity contribution < 1.29 is 19.2 Å². The van der Waals surface area contributed by atoms with Crippen LogP contribution in [0, 0.1) is 11.8 Å². The van der Waals surface area contributed by atoms with Gasteiger partial charge in [0.05, 0.1) is 23.9 Å². The van der Waals surface area contributed by atoms with E-state index in [1.807, 2.05) is 45.0 Å². The van der Waals surface area contributed by atoms with Gasteiger partial charge in [0.15, 0.2) is 0 Å². The lowest BCUT2D eigenvalue weighted by Gasteiger charge is -2.34. The zero-order valence-electron chi connectivity index (χ0n) is 17.6. The smallest absolute Gasteiger partial charge is 0.248 e. The number of amides is 4. The third-order valence-corrected chi connectivity index (χ3v) is 9.10. The van der Waals surface area contributed by atoms with Crippen LogP contribution in [-0.2, 0) is 19.2 Å². The summed E-state index contributed by atoms with van der Waals surface area (Å²) in [5, 5.41) is 7.73. The molecule has 10 heteroatoms. The molecule has 4 amide bonds. The van der Waals surface area contributed by atoms with E-state index in [9.17, 15) is 19.2 Å². The summed E-state index contributed by atoms with van der Waals surface area (Å²) in [4.78, 5) is 58.3. The summed E-state index contributed by atoms with van der Waals surface area (Å²) in [6.45, 7) is 4.23. The summed E-state index contributed by atoms with van der Waals surface area (Å²) in [6.07, 6.45) is 0. The van der Waals surface area contributed by atoms with Crippen molar-refractivity contribution in [3.63, 3.8) is 0 Å². The molecule has 6 rings (SSSR count). The fourth-order valence-electron chi connectivity index (χ4n) is 6.05. The Morgan fingerprint density at radius 1 is 0.656 bits per heavy atom. The van der Waals surface area contributed by atoms with E-state index in [-0.39, 0.29) is 23.6 Å². The van der Waals surface area contributed by atoms with Crippen LogP contribution in [0.1, 0.15) is 35.7 Å². The number of rotatable bonds is 4. The van der Waals surface area contributed by atoms with Crippen LogP contribution in [0.25, 0.3) is 0 Å². The minimum Gasteiger partial charge on any atom is -0.281 e. The fourth-order valence-corrected chi connectivity index (χ4v) is 7.78. The molecule has 166 valence electrons. The highest BCUT2D eigenvalue weighted by molar-refractivity contribution is 7.10. The number of imide groups is 2. The molecule has 4 fully saturated rings. The van der Waals surface area contributed by atoms with Crippen molar-refractivity contribution in [2.45, 2.75) is 38.0 Å². The van der Waals surface area contributed by atoms with Crippen LogP contribution in [0.5, 0.6) is 0 Å². The number of thiophene rings is 2. The van der Waals surface area contributed by atoms with Crippen LogP contribution >= 0.6 is 22.7 Å². The number of nitrogens with zero attached hydrogens (tertiary/aromatic N) is 4. The third-order valence-electron chi connectivity index (χ3n) is 7.21. The first kappa shape index (κ1) is 20.2. The van der Waals surface area contributed by atoms with Gasteiger partial charge < -0.3 is 0 Å². The SMILES string of the molecule is CCN1C(=O)[C@H]2[C@@H](C1=O)N1[C@H](c3cccs3)[C@H]3C(=O)N(CC)C(=O)[C@H]3N1[C@@H]2c1cccs1. The minimum atomic E-state index is -0.706. The molecule has 32 heavy (non-hydrogen) atoms. The molecule has 2 aromatic heterocycles. The summed E-state index contributed by atoms with van der Waals surface area (Å²) >= 11 is 3.03. The Balaban J connectivity index is 1.57. The lowest BCUT2D eigenvalue weighted by Crippen LogP contribution is -2.49. The molecule has 8 nitrogen and oxygen atoms in total. The number of fused-ring (bicyclic) bond motifs is 5. The van der Waals surface area contributed by atoms with Crippen LogP contribution in [0.3, 0.4) is 0 Å². The average molecular weight is 471 g/mol. The molecule has 0 aliphatic carbocycles. The van der Waals surface area contributed by atoms with Gasteiger partial charge in [-0.25, -0.2) is 10.0 Å². The van der Waals surface area contributed by atoms with Crippen molar-refractivity contribution in [3.8, 4) is 0 Å². The van der Waals surface area contributed by atoms with E-state index in [1.165, 1.54) is 32.5 Å². The lowest BCUT2D eigenvalue weighted by atomic mass is 9.88. The van der Waals surface area contributed by atoms with E-state index in [2.05, 4.69) is 0 Å². The van der Waals surface area contributed by atoms with Crippen molar-refractivity contribution in [2.24, 2.45) is 11.8 Å². The molecular formula is C22H22N4O4S2. The Hall–Kier alpha value is -2.40. The van der Waals surface area contributed by atoms with E-state index < -0.39 is 36.0 Å². The van der Waals surface area contributed by atoms with Crippen molar-refractivity contribution in [1.29, 1.82) is 0 Å². The predicted molar refractivity (Wildman–Crippen MR) is 117 cm³/mol. The van der Waals surface area contributed by atoms with E-state index in [4.69, 9.17) is 0 Å². The Bertz CT molecular complexity index is 1030. The molecule has 6 heterocycles. The van der Waals surface area contributed by atoms with Gasteiger partial charge in [-0.3, -0.25) is 29.0 Å². The van der Waals surface area contributed by atoms with Gasteiger partial charge in [-0.1, -0.05) is 12.1 Å². The van der Waals surface area contributed by atoms with Crippen molar-refractivity contribution in [2.75, 3.05) is 13.1 Å². The van der Waals surface area contributed by atoms with Gasteiger partial charge in [0, 0.05) is 22.8 Å². The lowest BCUT2D eigenvalue weighted by molar-refractivity contribution is -0.152. The Kier molecular flexibility index (Phi) is 4.45. The van der Waals surface area contributed by atoms with Crippen LogP contribution in [0.15, 0.2) is 35.0 Å². The summed E-state index contributed by atoms with van der Waals surface area (Å²) in [5.41, 5.74) is 0. The second kappa shape index (κ2) is 7.05. The largest absolute Gasteiger partial charge is 0.281 e. The van der Waals surface area contributed by atoms with Gasteiger partial charge in [-0.05, 0) is 36.7 Å². The number of likely N-dealkylation sites (tertiary alicyclic amines) is 2. The van der Waals surface area contributed by atoms with E-state index in [1.54, 1.807) is 13.8 Å². The van der Waals surface area contributed by atoms with Crippen molar-refractivity contribution in [3.05, 3.63) is 44.8 Å². The Morgan fingerprint density at radius 2 is 1.06 bits per heavy atom. The normalized spacial score (nSPS) is 34.7. The van der Waals surface area contributed by atoms with Crippen LogP contribution in [0.2, 0.25) is 0 Å². The predicted octanol–water partition coefficient (Wildman–Crippen LogP) is 1.89. The van der Waals surface area contributed by atoms with Crippen LogP contribution < -0.4 is 0 Å². The number of carbonyl (C=O) groups is 4. The quantitative estimate of drug-likeness (QED) is 0.635. The molecule has 0 aromatic carbocycles. The van der Waals surface area contributed by atoms with Crippen LogP contribution in [-0.4, -0.2) is 68.6 Å². The molecule has 0 N–H and O–H groups in total. The number of likely N-dealkylation sites (N-methyl/N-ethyl adjacent to an activating group) is 2. The second-order valence-electron chi connectivity index (χ2n) is 8.46. The molecule has 2 aromatic rings. The highest BCUT2D eigenvalue weighted by Crippen LogP contribution is 2.59. The van der Waals surface area contributed by atoms with Gasteiger partial charge in [0.2, 0.25) is 23.6 Å². The van der Waals surface area contributed by atoms with E-state index >= 15 is 0 Å². The number of hydrazine groups is 1. The van der Waals surface area contributed by atoms with Crippen LogP contribution in [0.4, 0.5) is 0 Å². The molecule has 6 atom stereocenters. The topological polar surface area (TPSA) is 81.2 Å². The maximum absolute atomic E-state index is 13.5. The van der Waals surface area contributed by atoms with Gasteiger partial charge in [0.1, 0.15) is 12.1 Å². The fraction of sp³-hybridized carbons (Fsp3) is 0.455. The van der Waals surface area contributed by atoms with Gasteiger partial charge in [-0.2, -0.15) is 0 Å². The Morgan fingerprint density at radius 3 is 1.38 bits per heavy atom. The summed E-state index contributed by atoms with van der Waals surface area (Å²) in [7, 11) is 0. The number of hydrogen-bond donors (Lipinski definition) is 0. The van der Waals surface area contributed by atoms with E-state index in [0.29, 0.717) is 13.1 Å². The highest BCUT2D eigenvalue weighted by Gasteiger charge is 2.73. The second-order valence-corrected chi connectivity index (χ2v) is 10.4. The van der Waals surface area contributed by atoms with Crippen molar-refractivity contribution in [1.82, 2.24) is 19.8 Å². The molecular weight excluding hydrogens is 448 g/mol. The van der Waals surface area contributed by atoms with Crippen molar-refractivity contribution >= 4 is 46.3 Å². The standard InChI is InChI=1S/C22H22N4O4S2/c1-3-23-19(27)13-15(11-7-5-9-31-11)26-18-14(20(28)24(4-2)22(18)30)16(12-8-6-10-32-12)25(26)17(13)21(23)29/h5-10,13-18H,3-4H2,1-2H3/t13-,14-,15-,16-,17+,18+/m1/s1. The number of hydrogen-bond acceptors (Lipinski definition) is 8. The summed E-state index contributed by atoms with van der Waals surface area (Å²) < 4.78 is 0. The zero-order valence-corrected chi connectivity index (χ0v) is 19.2. The average Bonchev–Trinajstić information content (AvgIpc) is 3.58. The third kappa shape index (κ3) is 2.33. The molecule has 4 aliphatic heterocycles. The maximum Gasteiger partial charge on any atom is 0.248 e. The molecule has 4 aliphatic rings. The Labute approximate surface area is 193 Å². The first-order chi connectivity index (χ1) is 15.5. The highest BCUT2D eigenvalue weighted by atomic mass is 32.1. The monoisotopic (exact) mass is 470 g/mol. The molecule has 0 saturated carbocycles. The first-order valence-corrected chi connectivity index (χ1v) is 12.6. The maximum atomic E-state index is 13.5. The minimum absolute atomic E-state index is 0.194. The van der Waals surface area contributed by atoms with Gasteiger partial charge in [0.25, 0.3) is 0 Å². The zero-order chi connectivity index (χ0) is 22.3.